The number of carbonyl (C=O) groups excluding carboxylic acids is 3. The number of fused-ring (bicyclic) bond motifs is 2. The Hall–Kier alpha value is -5.18. The largest absolute Gasteiger partial charge is 0.398 e. The summed E-state index contributed by atoms with van der Waals surface area (Å²) in [7, 11) is -15.3. The Morgan fingerprint density at radius 1 is 0.652 bits per heavy atom. The molecule has 0 fully saturated rings. The number of nitrogen functional groups attached to an aromatic ring is 2. The molecule has 0 aliphatic heterocycles. The van der Waals surface area contributed by atoms with Gasteiger partial charge >= 0.3 is 0 Å². The first-order valence-corrected chi connectivity index (χ1v) is 16.8. The van der Waals surface area contributed by atoms with Crippen molar-refractivity contribution in [1.29, 1.82) is 0 Å². The van der Waals surface area contributed by atoms with Gasteiger partial charge in [0.2, 0.25) is 0 Å². The van der Waals surface area contributed by atoms with Crippen LogP contribution in [0.25, 0.3) is 0 Å². The van der Waals surface area contributed by atoms with Crippen LogP contribution in [-0.2, 0) is 30.4 Å². The Morgan fingerprint density at radius 2 is 1.22 bits per heavy atom. The minimum Gasteiger partial charge on any atom is -0.398 e. The molecule has 0 aromatic heterocycles. The van der Waals surface area contributed by atoms with E-state index in [9.17, 15) is 53.3 Å². The number of hydrogen-bond donors (Lipinski definition) is 7. The van der Waals surface area contributed by atoms with Gasteiger partial charge in [0.15, 0.2) is 11.6 Å². The minimum atomic E-state index is -5.25. The maximum atomic E-state index is 13.5. The number of hydrogen-bond acceptors (Lipinski definition) is 12. The third-order valence-corrected chi connectivity index (χ3v) is 9.39. The molecule has 0 unspecified atom stereocenters. The molecular formula is C27H20N4O12S3. The number of ketones is 2. The van der Waals surface area contributed by atoms with Gasteiger partial charge in [-0.25, -0.2) is 0 Å². The summed E-state index contributed by atoms with van der Waals surface area (Å²) in [4.78, 5) is 36.9. The summed E-state index contributed by atoms with van der Waals surface area (Å²) in [5.41, 5.74) is 8.41. The van der Waals surface area contributed by atoms with Crippen LogP contribution in [0.2, 0.25) is 0 Å². The van der Waals surface area contributed by atoms with Crippen LogP contribution in [0, 0.1) is 0 Å². The predicted octanol–water partition coefficient (Wildman–Crippen LogP) is 2.36. The van der Waals surface area contributed by atoms with E-state index < -0.39 is 85.0 Å². The number of benzene rings is 4. The Kier molecular flexibility index (Phi) is 7.71. The molecule has 1 aliphatic rings. The molecule has 4 aromatic rings. The second-order valence-electron chi connectivity index (χ2n) is 9.76. The van der Waals surface area contributed by atoms with Gasteiger partial charge in [0, 0.05) is 28.2 Å². The van der Waals surface area contributed by atoms with E-state index >= 15 is 0 Å². The number of nitrogens with two attached hydrogens (primary N) is 2. The Morgan fingerprint density at radius 3 is 1.78 bits per heavy atom. The first-order chi connectivity index (χ1) is 21.3. The van der Waals surface area contributed by atoms with Crippen LogP contribution in [0.5, 0.6) is 0 Å². The average molecular weight is 689 g/mol. The van der Waals surface area contributed by atoms with E-state index in [0.717, 1.165) is 6.07 Å². The van der Waals surface area contributed by atoms with E-state index in [1.807, 2.05) is 0 Å². The first-order valence-electron chi connectivity index (χ1n) is 12.5. The van der Waals surface area contributed by atoms with Gasteiger partial charge in [0.05, 0.1) is 33.0 Å². The smallest absolute Gasteiger partial charge is 0.296 e. The molecule has 0 heterocycles. The van der Waals surface area contributed by atoms with Gasteiger partial charge in [-0.05, 0) is 36.4 Å². The highest BCUT2D eigenvalue weighted by Crippen LogP contribution is 2.40. The Labute approximate surface area is 260 Å². The summed E-state index contributed by atoms with van der Waals surface area (Å²) in [6.07, 6.45) is 0. The van der Waals surface area contributed by atoms with E-state index in [0.29, 0.717) is 12.1 Å². The molecule has 5 rings (SSSR count). The van der Waals surface area contributed by atoms with E-state index in [2.05, 4.69) is 10.6 Å². The SMILES string of the molecule is Nc1cc(S(=O)(=O)O)cc(S(=O)(=O)O)c1C(=O)Nc1cccc(Nc2cc(S(=O)(=O)O)c(N)c3c2C(=O)c2ccccc2C3=O)c1. The van der Waals surface area contributed by atoms with Crippen LogP contribution in [0.3, 0.4) is 0 Å². The number of nitrogens with one attached hydrogen (secondary N) is 2. The number of amides is 1. The normalized spacial score (nSPS) is 13.1. The number of rotatable bonds is 7. The Bertz CT molecular complexity index is 2370. The van der Waals surface area contributed by atoms with Crippen molar-refractivity contribution in [3.63, 3.8) is 0 Å². The zero-order valence-corrected chi connectivity index (χ0v) is 25.2. The predicted molar refractivity (Wildman–Crippen MR) is 162 cm³/mol. The molecule has 19 heteroatoms. The van der Waals surface area contributed by atoms with Gasteiger partial charge in [-0.2, -0.15) is 25.3 Å². The fraction of sp³-hybridized carbons (Fsp3) is 0. The highest BCUT2D eigenvalue weighted by Gasteiger charge is 2.36. The average Bonchev–Trinajstić information content (AvgIpc) is 2.94. The highest BCUT2D eigenvalue weighted by atomic mass is 32.2. The summed E-state index contributed by atoms with van der Waals surface area (Å²) < 4.78 is 100. The monoisotopic (exact) mass is 688 g/mol. The molecule has 0 atom stereocenters. The lowest BCUT2D eigenvalue weighted by Gasteiger charge is -2.23. The quantitative estimate of drug-likeness (QED) is 0.0954. The fourth-order valence-electron chi connectivity index (χ4n) is 4.84. The molecule has 0 saturated heterocycles. The topological polar surface area (TPSA) is 290 Å². The maximum absolute atomic E-state index is 13.5. The van der Waals surface area contributed by atoms with Gasteiger partial charge in [0.1, 0.15) is 9.79 Å². The molecule has 16 nitrogen and oxygen atoms in total. The zero-order valence-electron chi connectivity index (χ0n) is 22.7. The van der Waals surface area contributed by atoms with E-state index in [4.69, 9.17) is 11.5 Å². The molecule has 4 aromatic carbocycles. The van der Waals surface area contributed by atoms with Crippen molar-refractivity contribution < 1.29 is 53.3 Å². The van der Waals surface area contributed by atoms with Crippen LogP contribution in [0.15, 0.2) is 81.4 Å². The van der Waals surface area contributed by atoms with Crippen molar-refractivity contribution >= 4 is 76.3 Å². The summed E-state index contributed by atoms with van der Waals surface area (Å²) in [5.74, 6) is -2.70. The van der Waals surface area contributed by atoms with E-state index in [1.54, 1.807) is 0 Å². The van der Waals surface area contributed by atoms with Gasteiger partial charge in [-0.15, -0.1) is 0 Å². The van der Waals surface area contributed by atoms with Crippen LogP contribution < -0.4 is 22.1 Å². The van der Waals surface area contributed by atoms with E-state index in [1.165, 1.54) is 48.5 Å². The second-order valence-corrected chi connectivity index (χ2v) is 14.0. The molecule has 1 aliphatic carbocycles. The fourth-order valence-corrected chi connectivity index (χ4v) is 6.84. The highest BCUT2D eigenvalue weighted by molar-refractivity contribution is 7.86. The molecule has 0 bridgehead atoms. The van der Waals surface area contributed by atoms with Gasteiger partial charge in [-0.3, -0.25) is 28.0 Å². The minimum absolute atomic E-state index is 0.00955. The lowest BCUT2D eigenvalue weighted by atomic mass is 9.82. The van der Waals surface area contributed by atoms with Crippen LogP contribution >= 0.6 is 0 Å². The summed E-state index contributed by atoms with van der Waals surface area (Å²) in [6.45, 7) is 0. The summed E-state index contributed by atoms with van der Waals surface area (Å²) >= 11 is 0. The molecule has 1 amide bonds. The van der Waals surface area contributed by atoms with Crippen LogP contribution in [0.4, 0.5) is 28.4 Å². The third-order valence-electron chi connectivity index (χ3n) is 6.79. The third kappa shape index (κ3) is 5.80. The van der Waals surface area contributed by atoms with Crippen LogP contribution in [-0.4, -0.2) is 56.4 Å². The van der Waals surface area contributed by atoms with Crippen molar-refractivity contribution in [3.05, 3.63) is 94.5 Å². The van der Waals surface area contributed by atoms with Crippen LogP contribution in [0.1, 0.15) is 42.2 Å². The molecule has 0 radical (unpaired) electrons. The molecular weight excluding hydrogens is 669 g/mol. The summed E-state index contributed by atoms with van der Waals surface area (Å²) in [5, 5.41) is 5.08. The number of carbonyl (C=O) groups is 3. The first kappa shape index (κ1) is 32.2. The van der Waals surface area contributed by atoms with Crippen molar-refractivity contribution in [1.82, 2.24) is 0 Å². The Balaban J connectivity index is 1.58. The van der Waals surface area contributed by atoms with Crippen molar-refractivity contribution in [2.45, 2.75) is 14.7 Å². The molecule has 0 spiro atoms. The van der Waals surface area contributed by atoms with Crippen molar-refractivity contribution in [2.75, 3.05) is 22.1 Å². The standard InChI is InChI=1S/C27H20N4O12S3/c28-17-9-14(44(35,36)37)10-19(45(38,39)40)21(17)27(34)31-13-5-3-4-12(8-13)30-18-11-20(46(41,42)43)24(29)23-22(18)25(32)15-6-1-2-7-16(15)26(23)33/h1-11,30H,28-29H2,(H,31,34)(H,35,36,37)(H,38,39,40)(H,41,42,43). The lowest BCUT2D eigenvalue weighted by molar-refractivity contribution is 0.0980. The molecule has 9 N–H and O–H groups in total. The lowest BCUT2D eigenvalue weighted by Crippen LogP contribution is -2.25. The maximum Gasteiger partial charge on any atom is 0.296 e. The molecule has 238 valence electrons. The van der Waals surface area contributed by atoms with Crippen molar-refractivity contribution in [3.8, 4) is 0 Å². The second kappa shape index (κ2) is 11.0. The van der Waals surface area contributed by atoms with Gasteiger partial charge < -0.3 is 22.1 Å². The number of anilines is 5. The zero-order chi connectivity index (χ0) is 33.9. The van der Waals surface area contributed by atoms with E-state index in [-0.39, 0.29) is 33.8 Å². The molecule has 46 heavy (non-hydrogen) atoms. The van der Waals surface area contributed by atoms with Gasteiger partial charge in [0.25, 0.3) is 36.3 Å². The summed E-state index contributed by atoms with van der Waals surface area (Å²) in [6, 6.07) is 12.8. The van der Waals surface area contributed by atoms with Gasteiger partial charge in [-0.1, -0.05) is 30.3 Å². The molecule has 0 saturated carbocycles. The van der Waals surface area contributed by atoms with Crippen molar-refractivity contribution in [2.24, 2.45) is 0 Å².